The van der Waals surface area contributed by atoms with Crippen LogP contribution in [0.5, 0.6) is 11.6 Å². The number of aromatic hydroxyl groups is 1. The highest BCUT2D eigenvalue weighted by molar-refractivity contribution is 7.98. The normalized spacial score (nSPS) is 14.4. The van der Waals surface area contributed by atoms with E-state index in [1.54, 1.807) is 24.5 Å². The van der Waals surface area contributed by atoms with Crippen LogP contribution in [0.1, 0.15) is 18.7 Å². The molecule has 168 valence electrons. The summed E-state index contributed by atoms with van der Waals surface area (Å²) in [6.45, 7) is 1.22. The predicted molar refractivity (Wildman–Crippen MR) is 112 cm³/mol. The van der Waals surface area contributed by atoms with E-state index in [1.165, 1.54) is 13.0 Å². The van der Waals surface area contributed by atoms with Gasteiger partial charge in [0.05, 0.1) is 33.0 Å². The SMILES string of the molecule is CSc1nc([O-])c2[n+](n1)C(c1cc([N+](=O)[O-])cc([N+](=O)[O-])c1O)N(C(C)=O)c1ccccc1-2. The number of hydrogen-bond donors (Lipinski definition) is 1. The standard InChI is InChI=1S/C19H14N6O7S/c1-9(26)22-13-6-4-3-5-11(13)15-17(28)20-19(33-2)21-23(15)18(22)12-7-10(24(29)30)8-14(16(12)27)25(31)32/h3-8,18H,1-2H3,(H-,20,21,27,28). The van der Waals surface area contributed by atoms with Crippen LogP contribution in [0.15, 0.2) is 41.6 Å². The minimum Gasteiger partial charge on any atom is -0.854 e. The van der Waals surface area contributed by atoms with Crippen LogP contribution in [0, 0.1) is 20.2 Å². The Morgan fingerprint density at radius 1 is 1.21 bits per heavy atom. The van der Waals surface area contributed by atoms with E-state index >= 15 is 0 Å². The summed E-state index contributed by atoms with van der Waals surface area (Å²) in [5, 5.41) is 51.0. The minimum absolute atomic E-state index is 0.0380. The number of non-ortho nitro benzene ring substituents is 1. The van der Waals surface area contributed by atoms with E-state index in [1.807, 2.05) is 0 Å². The lowest BCUT2D eigenvalue weighted by molar-refractivity contribution is -0.764. The number of thioether (sulfide) groups is 1. The van der Waals surface area contributed by atoms with Gasteiger partial charge in [-0.25, -0.2) is 9.88 Å². The van der Waals surface area contributed by atoms with Crippen LogP contribution in [0.4, 0.5) is 17.1 Å². The summed E-state index contributed by atoms with van der Waals surface area (Å²) in [6, 6.07) is 7.90. The first-order valence-electron chi connectivity index (χ1n) is 9.25. The molecule has 2 heterocycles. The number of fused-ring (bicyclic) bond motifs is 3. The molecule has 1 N–H and O–H groups in total. The van der Waals surface area contributed by atoms with Crippen LogP contribution in [-0.4, -0.2) is 37.2 Å². The molecule has 1 aliphatic heterocycles. The highest BCUT2D eigenvalue weighted by atomic mass is 32.2. The molecule has 33 heavy (non-hydrogen) atoms. The van der Waals surface area contributed by atoms with Gasteiger partial charge in [-0.05, 0) is 18.4 Å². The van der Waals surface area contributed by atoms with Crippen LogP contribution in [0.25, 0.3) is 11.3 Å². The molecule has 13 nitrogen and oxygen atoms in total. The Morgan fingerprint density at radius 3 is 2.52 bits per heavy atom. The van der Waals surface area contributed by atoms with Crippen LogP contribution >= 0.6 is 11.8 Å². The topological polar surface area (TPSA) is 180 Å². The number of phenols is 1. The van der Waals surface area contributed by atoms with E-state index in [2.05, 4.69) is 10.1 Å². The highest BCUT2D eigenvalue weighted by Crippen LogP contribution is 2.45. The zero-order valence-electron chi connectivity index (χ0n) is 17.0. The number of benzene rings is 2. The Balaban J connectivity index is 2.15. The maximum Gasteiger partial charge on any atom is 0.318 e. The average molecular weight is 470 g/mol. The van der Waals surface area contributed by atoms with Crippen LogP contribution in [-0.2, 0) is 4.79 Å². The molecule has 2 aromatic carbocycles. The molecule has 3 aromatic rings. The Bertz CT molecular complexity index is 1350. The van der Waals surface area contributed by atoms with E-state index < -0.39 is 44.9 Å². The summed E-state index contributed by atoms with van der Waals surface area (Å²) in [5.74, 6) is -2.14. The molecule has 0 bridgehead atoms. The van der Waals surface area contributed by atoms with Gasteiger partial charge < -0.3 is 10.2 Å². The summed E-state index contributed by atoms with van der Waals surface area (Å²) in [4.78, 5) is 39.0. The summed E-state index contributed by atoms with van der Waals surface area (Å²) >= 11 is 1.04. The van der Waals surface area contributed by atoms with Gasteiger partial charge in [-0.1, -0.05) is 28.6 Å². The summed E-state index contributed by atoms with van der Waals surface area (Å²) in [5.41, 5.74) is -1.43. The second kappa shape index (κ2) is 7.98. The summed E-state index contributed by atoms with van der Waals surface area (Å²) in [7, 11) is 0. The highest BCUT2D eigenvalue weighted by Gasteiger charge is 2.47. The van der Waals surface area contributed by atoms with Gasteiger partial charge in [0.2, 0.25) is 11.7 Å². The van der Waals surface area contributed by atoms with Crippen molar-refractivity contribution >= 4 is 34.7 Å². The van der Waals surface area contributed by atoms with Crippen LogP contribution in [0.2, 0.25) is 0 Å². The molecule has 0 saturated carbocycles. The summed E-state index contributed by atoms with van der Waals surface area (Å²) in [6.07, 6.45) is 0.180. The molecule has 0 saturated heterocycles. The number of nitrogens with zero attached hydrogens (tertiary/aromatic N) is 6. The average Bonchev–Trinajstić information content (AvgIpc) is 2.77. The van der Waals surface area contributed by atoms with E-state index in [9.17, 15) is 35.2 Å². The zero-order valence-corrected chi connectivity index (χ0v) is 17.8. The Kier molecular flexibility index (Phi) is 5.29. The van der Waals surface area contributed by atoms with Gasteiger partial charge in [0, 0.05) is 18.1 Å². The Labute approximate surface area is 189 Å². The minimum atomic E-state index is -1.44. The molecule has 1 aliphatic rings. The molecule has 0 fully saturated rings. The molecule has 1 atom stereocenters. The first kappa shape index (κ1) is 21.9. The number of carbonyl (C=O) groups excluding carboxylic acids is 1. The lowest BCUT2D eigenvalue weighted by Crippen LogP contribution is -2.58. The molecule has 1 amide bonds. The first-order chi connectivity index (χ1) is 15.6. The van der Waals surface area contributed by atoms with Crippen molar-refractivity contribution < 1.29 is 29.5 Å². The van der Waals surface area contributed by atoms with E-state index in [-0.39, 0.29) is 22.1 Å². The molecule has 0 spiro atoms. The van der Waals surface area contributed by atoms with Crippen molar-refractivity contribution in [3.05, 3.63) is 62.2 Å². The van der Waals surface area contributed by atoms with Crippen molar-refractivity contribution in [1.29, 1.82) is 0 Å². The van der Waals surface area contributed by atoms with Gasteiger partial charge in [-0.2, -0.15) is 0 Å². The third-order valence-electron chi connectivity index (χ3n) is 5.03. The van der Waals surface area contributed by atoms with Crippen molar-refractivity contribution in [2.24, 2.45) is 0 Å². The Hall–Kier alpha value is -4.33. The third kappa shape index (κ3) is 3.45. The molecule has 14 heteroatoms. The number of phenolic OH excluding ortho intramolecular Hbond substituents is 1. The molecule has 0 aliphatic carbocycles. The number of rotatable bonds is 4. The van der Waals surface area contributed by atoms with Crippen LogP contribution < -0.4 is 14.7 Å². The van der Waals surface area contributed by atoms with Crippen molar-refractivity contribution in [1.82, 2.24) is 10.1 Å². The fraction of sp³-hybridized carbons (Fsp3) is 0.158. The Morgan fingerprint density at radius 2 is 1.91 bits per heavy atom. The number of hydrogen-bond acceptors (Lipinski definition) is 10. The monoisotopic (exact) mass is 470 g/mol. The second-order valence-electron chi connectivity index (χ2n) is 6.89. The molecule has 1 unspecified atom stereocenters. The number of para-hydroxylation sites is 1. The van der Waals surface area contributed by atoms with Crippen molar-refractivity contribution in [2.45, 2.75) is 18.2 Å². The number of amides is 1. The first-order valence-corrected chi connectivity index (χ1v) is 10.5. The van der Waals surface area contributed by atoms with Crippen molar-refractivity contribution in [3.8, 4) is 22.9 Å². The lowest BCUT2D eigenvalue weighted by Gasteiger charge is -2.32. The number of nitro groups is 2. The van der Waals surface area contributed by atoms with Crippen molar-refractivity contribution in [3.63, 3.8) is 0 Å². The number of carbonyl (C=O) groups is 1. The largest absolute Gasteiger partial charge is 0.854 e. The fourth-order valence-corrected chi connectivity index (χ4v) is 4.05. The van der Waals surface area contributed by atoms with E-state index in [4.69, 9.17) is 0 Å². The molecule has 0 radical (unpaired) electrons. The quantitative estimate of drug-likeness (QED) is 0.255. The smallest absolute Gasteiger partial charge is 0.318 e. The summed E-state index contributed by atoms with van der Waals surface area (Å²) < 4.78 is 1.10. The van der Waals surface area contributed by atoms with Gasteiger partial charge >= 0.3 is 5.69 Å². The molecule has 1 aromatic heterocycles. The van der Waals surface area contributed by atoms with Gasteiger partial charge in [-0.3, -0.25) is 25.0 Å². The number of aromatic nitrogens is 3. The van der Waals surface area contributed by atoms with E-state index in [0.717, 1.165) is 27.4 Å². The third-order valence-corrected chi connectivity index (χ3v) is 5.57. The van der Waals surface area contributed by atoms with Crippen LogP contribution in [0.3, 0.4) is 0 Å². The maximum absolute atomic E-state index is 12.9. The maximum atomic E-state index is 12.9. The van der Waals surface area contributed by atoms with Gasteiger partial charge in [0.1, 0.15) is 5.56 Å². The predicted octanol–water partition coefficient (Wildman–Crippen LogP) is 1.66. The number of anilines is 1. The fourth-order valence-electron chi connectivity index (χ4n) is 3.71. The van der Waals surface area contributed by atoms with Crippen molar-refractivity contribution in [2.75, 3.05) is 11.2 Å². The zero-order chi connectivity index (χ0) is 24.0. The van der Waals surface area contributed by atoms with Gasteiger partial charge in [-0.15, -0.1) is 0 Å². The second-order valence-corrected chi connectivity index (χ2v) is 7.67. The molecule has 4 rings (SSSR count). The van der Waals surface area contributed by atoms with Gasteiger partial charge in [0.25, 0.3) is 22.7 Å². The molecular weight excluding hydrogens is 456 g/mol. The number of nitro benzene ring substituents is 2. The lowest BCUT2D eigenvalue weighted by atomic mass is 10.00. The van der Waals surface area contributed by atoms with Gasteiger partial charge in [0.15, 0.2) is 0 Å². The van der Waals surface area contributed by atoms with E-state index in [0.29, 0.717) is 11.6 Å². The molecular formula is C19H14N6O7S.